The van der Waals surface area contributed by atoms with Crippen molar-refractivity contribution in [3.05, 3.63) is 65.1 Å². The van der Waals surface area contributed by atoms with Crippen LogP contribution in [0.25, 0.3) is 0 Å². The minimum Gasteiger partial charge on any atom is -0.466 e. The summed E-state index contributed by atoms with van der Waals surface area (Å²) in [5.41, 5.74) is 4.14. The van der Waals surface area contributed by atoms with Crippen LogP contribution in [0, 0.1) is 0 Å². The summed E-state index contributed by atoms with van der Waals surface area (Å²) in [5, 5.41) is 6.43. The number of rotatable bonds is 8. The first-order chi connectivity index (χ1) is 13.6. The maximum Gasteiger partial charge on any atom is 0.379 e. The number of ether oxygens (including phenoxy) is 2. The fourth-order valence-corrected chi connectivity index (χ4v) is 2.83. The summed E-state index contributed by atoms with van der Waals surface area (Å²) in [6.07, 6.45) is 3.09. The normalized spacial score (nSPS) is 10.8. The number of carbonyl (C=O) groups is 2. The maximum absolute atomic E-state index is 11.9. The van der Waals surface area contributed by atoms with Gasteiger partial charge in [-0.15, -0.1) is 11.3 Å². The second kappa shape index (κ2) is 9.47. The molecule has 0 unspecified atom stereocenters. The molecule has 144 valence electrons. The number of hydrogen-bond acceptors (Lipinski definition) is 9. The summed E-state index contributed by atoms with van der Waals surface area (Å²) in [7, 11) is 0. The van der Waals surface area contributed by atoms with Crippen LogP contribution in [-0.4, -0.2) is 29.7 Å². The summed E-state index contributed by atoms with van der Waals surface area (Å²) in [4.78, 5) is 27.6. The van der Waals surface area contributed by atoms with Crippen molar-refractivity contribution in [2.24, 2.45) is 5.10 Å². The van der Waals surface area contributed by atoms with Crippen LogP contribution in [-0.2, 0) is 16.0 Å². The highest BCUT2D eigenvalue weighted by Crippen LogP contribution is 2.17. The average molecular weight is 399 g/mol. The fraction of sp³-hybridized carbons (Fsp3) is 0.158. The van der Waals surface area contributed by atoms with Gasteiger partial charge in [-0.1, -0.05) is 12.1 Å². The van der Waals surface area contributed by atoms with Crippen LogP contribution in [0.15, 0.2) is 57.6 Å². The number of furan rings is 1. The number of nitrogens with zero attached hydrogens (tertiary/aromatic N) is 2. The van der Waals surface area contributed by atoms with E-state index in [1.165, 1.54) is 23.7 Å². The van der Waals surface area contributed by atoms with E-state index in [0.29, 0.717) is 23.2 Å². The van der Waals surface area contributed by atoms with E-state index in [9.17, 15) is 9.59 Å². The Balaban J connectivity index is 1.55. The van der Waals surface area contributed by atoms with E-state index in [4.69, 9.17) is 13.9 Å². The molecule has 0 aliphatic carbocycles. The third-order valence-electron chi connectivity index (χ3n) is 3.35. The second-order valence-corrected chi connectivity index (χ2v) is 6.29. The van der Waals surface area contributed by atoms with Crippen molar-refractivity contribution < 1.29 is 23.5 Å². The van der Waals surface area contributed by atoms with Gasteiger partial charge < -0.3 is 13.9 Å². The number of nitrogens with one attached hydrogen (secondary N) is 1. The van der Waals surface area contributed by atoms with Crippen molar-refractivity contribution in [1.29, 1.82) is 0 Å². The summed E-state index contributed by atoms with van der Waals surface area (Å²) in [6.45, 7) is 2.10. The number of hydrazone groups is 1. The number of carbonyl (C=O) groups excluding carboxylic acids is 2. The lowest BCUT2D eigenvalue weighted by Gasteiger charge is -2.03. The van der Waals surface area contributed by atoms with E-state index in [1.54, 1.807) is 42.8 Å². The summed E-state index contributed by atoms with van der Waals surface area (Å²) in [6, 6.07) is 10.0. The van der Waals surface area contributed by atoms with Crippen LogP contribution in [0.3, 0.4) is 0 Å². The zero-order valence-electron chi connectivity index (χ0n) is 15.0. The van der Waals surface area contributed by atoms with Crippen LogP contribution < -0.4 is 10.2 Å². The highest BCUT2D eigenvalue weighted by atomic mass is 32.1. The molecule has 0 saturated heterocycles. The van der Waals surface area contributed by atoms with Crippen molar-refractivity contribution in [1.82, 2.24) is 4.98 Å². The quantitative estimate of drug-likeness (QED) is 0.268. The van der Waals surface area contributed by atoms with Crippen molar-refractivity contribution in [2.45, 2.75) is 13.3 Å². The third-order valence-corrected chi connectivity index (χ3v) is 4.14. The molecule has 3 aromatic rings. The van der Waals surface area contributed by atoms with Gasteiger partial charge in [-0.2, -0.15) is 5.10 Å². The standard InChI is InChI=1S/C19H17N3O5S/c1-2-25-17(23)10-14-12-28-19(21-14)22-20-11-13-5-3-6-15(9-13)27-18(24)16-7-4-8-26-16/h3-9,11-12H,2,10H2,1H3,(H,21,22). The number of esters is 2. The highest BCUT2D eigenvalue weighted by Gasteiger charge is 2.11. The van der Waals surface area contributed by atoms with Gasteiger partial charge in [0.2, 0.25) is 10.9 Å². The Labute approximate surface area is 164 Å². The largest absolute Gasteiger partial charge is 0.466 e. The Bertz CT molecular complexity index is 966. The fourth-order valence-electron chi connectivity index (χ4n) is 2.17. The van der Waals surface area contributed by atoms with Gasteiger partial charge in [0.05, 0.1) is 31.2 Å². The molecule has 2 heterocycles. The van der Waals surface area contributed by atoms with Crippen LogP contribution in [0.1, 0.15) is 28.7 Å². The second-order valence-electron chi connectivity index (χ2n) is 5.44. The van der Waals surface area contributed by atoms with E-state index < -0.39 is 5.97 Å². The number of hydrogen-bond donors (Lipinski definition) is 1. The van der Waals surface area contributed by atoms with Crippen molar-refractivity contribution in [2.75, 3.05) is 12.0 Å². The molecule has 0 fully saturated rings. The smallest absolute Gasteiger partial charge is 0.379 e. The van der Waals surface area contributed by atoms with Gasteiger partial charge in [0.15, 0.2) is 0 Å². The van der Waals surface area contributed by atoms with Crippen LogP contribution >= 0.6 is 11.3 Å². The Hall–Kier alpha value is -3.46. The predicted molar refractivity (Wildman–Crippen MR) is 104 cm³/mol. The summed E-state index contributed by atoms with van der Waals surface area (Å²) < 4.78 is 15.2. The van der Waals surface area contributed by atoms with Crippen molar-refractivity contribution >= 4 is 34.6 Å². The van der Waals surface area contributed by atoms with Crippen LogP contribution in [0.2, 0.25) is 0 Å². The average Bonchev–Trinajstić information content (AvgIpc) is 3.34. The van der Waals surface area contributed by atoms with Crippen molar-refractivity contribution in [3.8, 4) is 5.75 Å². The van der Waals surface area contributed by atoms with Crippen LogP contribution in [0.4, 0.5) is 5.13 Å². The SMILES string of the molecule is CCOC(=O)Cc1csc(NN=Cc2cccc(OC(=O)c3ccco3)c2)n1. The lowest BCUT2D eigenvalue weighted by Crippen LogP contribution is -2.07. The maximum atomic E-state index is 11.9. The molecule has 0 bridgehead atoms. The highest BCUT2D eigenvalue weighted by molar-refractivity contribution is 7.13. The minimum absolute atomic E-state index is 0.124. The Morgan fingerprint density at radius 3 is 3.00 bits per heavy atom. The monoisotopic (exact) mass is 399 g/mol. The minimum atomic E-state index is -0.575. The van der Waals surface area contributed by atoms with Gasteiger partial charge in [0.1, 0.15) is 5.75 Å². The zero-order chi connectivity index (χ0) is 19.8. The molecule has 2 aromatic heterocycles. The molecule has 0 spiro atoms. The molecule has 0 aliphatic heterocycles. The molecule has 3 rings (SSSR count). The van der Waals surface area contributed by atoms with Gasteiger partial charge in [0, 0.05) is 5.38 Å². The molecule has 0 atom stereocenters. The van der Waals surface area contributed by atoms with Gasteiger partial charge in [-0.25, -0.2) is 9.78 Å². The first-order valence-corrected chi connectivity index (χ1v) is 9.27. The van der Waals surface area contributed by atoms with Gasteiger partial charge in [0.25, 0.3) is 0 Å². The predicted octanol–water partition coefficient (Wildman–Crippen LogP) is 3.51. The molecule has 1 N–H and O–H groups in total. The molecule has 9 heteroatoms. The first kappa shape index (κ1) is 19.3. The van der Waals surface area contributed by atoms with E-state index in [-0.39, 0.29) is 18.2 Å². The lowest BCUT2D eigenvalue weighted by molar-refractivity contribution is -0.142. The van der Waals surface area contributed by atoms with Crippen molar-refractivity contribution in [3.63, 3.8) is 0 Å². The Morgan fingerprint density at radius 1 is 1.32 bits per heavy atom. The number of benzene rings is 1. The molecule has 0 saturated carbocycles. The molecule has 0 aliphatic rings. The molecule has 28 heavy (non-hydrogen) atoms. The molecule has 0 radical (unpaired) electrons. The topological polar surface area (TPSA) is 103 Å². The van der Waals surface area contributed by atoms with E-state index >= 15 is 0 Å². The zero-order valence-corrected chi connectivity index (χ0v) is 15.8. The summed E-state index contributed by atoms with van der Waals surface area (Å²) >= 11 is 1.33. The van der Waals surface area contributed by atoms with Gasteiger partial charge >= 0.3 is 11.9 Å². The molecule has 8 nitrogen and oxygen atoms in total. The first-order valence-electron chi connectivity index (χ1n) is 8.39. The van der Waals surface area contributed by atoms with Crippen LogP contribution in [0.5, 0.6) is 5.75 Å². The Morgan fingerprint density at radius 2 is 2.21 bits per heavy atom. The van der Waals surface area contributed by atoms with Gasteiger partial charge in [-0.3, -0.25) is 10.2 Å². The number of anilines is 1. The molecule has 1 aromatic carbocycles. The van der Waals surface area contributed by atoms with E-state index in [0.717, 1.165) is 5.56 Å². The third kappa shape index (κ3) is 5.52. The summed E-state index contributed by atoms with van der Waals surface area (Å²) in [5.74, 6) is -0.391. The van der Waals surface area contributed by atoms with Gasteiger partial charge in [-0.05, 0) is 36.8 Å². The molecule has 0 amide bonds. The lowest BCUT2D eigenvalue weighted by atomic mass is 10.2. The Kier molecular flexibility index (Phi) is 6.53. The van der Waals surface area contributed by atoms with E-state index in [1.807, 2.05) is 6.07 Å². The molecular formula is C19H17N3O5S. The number of thiazole rings is 1. The number of aromatic nitrogens is 1. The molecular weight excluding hydrogens is 382 g/mol. The van der Waals surface area contributed by atoms with E-state index in [2.05, 4.69) is 15.5 Å².